The van der Waals surface area contributed by atoms with Crippen molar-refractivity contribution in [2.24, 2.45) is 0 Å². The molecule has 0 saturated carbocycles. The van der Waals surface area contributed by atoms with Crippen LogP contribution in [0.5, 0.6) is 5.75 Å². The third kappa shape index (κ3) is 1.61. The van der Waals surface area contributed by atoms with Crippen molar-refractivity contribution in [2.45, 2.75) is 13.5 Å². The monoisotopic (exact) mass is 272 g/mol. The molecule has 0 atom stereocenters. The Morgan fingerprint density at radius 2 is 2.33 bits per heavy atom. The highest BCUT2D eigenvalue weighted by Crippen LogP contribution is 2.33. The van der Waals surface area contributed by atoms with Crippen molar-refractivity contribution in [3.05, 3.63) is 22.6 Å². The van der Waals surface area contributed by atoms with Gasteiger partial charge in [0.25, 0.3) is 0 Å². The van der Waals surface area contributed by atoms with Gasteiger partial charge in [0.05, 0.1) is 11.6 Å². The number of aromatic nitrogens is 2. The molecule has 3 nitrogen and oxygen atoms in total. The second-order valence-electron chi connectivity index (χ2n) is 3.13. The molecule has 1 aromatic heterocycles. The maximum Gasteiger partial charge on any atom is 0.194 e. The number of nitrogens with zero attached hydrogens (tertiary/aromatic N) is 2. The molecule has 0 aliphatic heterocycles. The molecule has 2 aromatic rings. The van der Waals surface area contributed by atoms with E-state index in [1.807, 2.05) is 13.1 Å². The van der Waals surface area contributed by atoms with Crippen LogP contribution in [0.25, 0.3) is 10.9 Å². The van der Waals surface area contributed by atoms with Gasteiger partial charge in [-0.25, -0.2) is 4.39 Å². The quantitative estimate of drug-likeness (QED) is 0.841. The second kappa shape index (κ2) is 3.81. The molecule has 80 valence electrons. The summed E-state index contributed by atoms with van der Waals surface area (Å²) in [6, 6.07) is 1.80. The summed E-state index contributed by atoms with van der Waals surface area (Å²) in [5.41, 5.74) is 0.344. The summed E-state index contributed by atoms with van der Waals surface area (Å²) >= 11 is 3.26. The van der Waals surface area contributed by atoms with E-state index in [1.165, 1.54) is 7.11 Å². The van der Waals surface area contributed by atoms with E-state index in [0.29, 0.717) is 16.5 Å². The van der Waals surface area contributed by atoms with Gasteiger partial charge in [-0.3, -0.25) is 4.68 Å². The SMILES string of the molecule is CCn1cc2cc(Br)c(OC)c(F)c2n1. The Balaban J connectivity index is 2.76. The molecule has 1 heterocycles. The Bertz CT molecular complexity index is 510. The minimum Gasteiger partial charge on any atom is -0.492 e. The number of benzene rings is 1. The van der Waals surface area contributed by atoms with E-state index in [2.05, 4.69) is 21.0 Å². The Labute approximate surface area is 95.0 Å². The lowest BCUT2D eigenvalue weighted by atomic mass is 10.2. The number of methoxy groups -OCH3 is 1. The molecule has 5 heteroatoms. The highest BCUT2D eigenvalue weighted by atomic mass is 79.9. The van der Waals surface area contributed by atoms with Gasteiger partial charge in [0.1, 0.15) is 5.52 Å². The third-order valence-corrected chi connectivity index (χ3v) is 2.81. The first-order valence-electron chi connectivity index (χ1n) is 4.56. The average Bonchev–Trinajstić information content (AvgIpc) is 2.61. The van der Waals surface area contributed by atoms with E-state index < -0.39 is 5.82 Å². The third-order valence-electron chi connectivity index (χ3n) is 2.22. The minimum absolute atomic E-state index is 0.198. The summed E-state index contributed by atoms with van der Waals surface area (Å²) in [6.45, 7) is 2.67. The lowest BCUT2D eigenvalue weighted by molar-refractivity contribution is 0.386. The van der Waals surface area contributed by atoms with E-state index in [4.69, 9.17) is 4.74 Å². The first-order chi connectivity index (χ1) is 7.17. The first-order valence-corrected chi connectivity index (χ1v) is 5.35. The van der Waals surface area contributed by atoms with E-state index in [1.54, 1.807) is 10.7 Å². The van der Waals surface area contributed by atoms with Gasteiger partial charge in [0.15, 0.2) is 11.6 Å². The van der Waals surface area contributed by atoms with Crippen LogP contribution in [0.1, 0.15) is 6.92 Å². The maximum absolute atomic E-state index is 13.8. The van der Waals surface area contributed by atoms with Crippen LogP contribution in [0.2, 0.25) is 0 Å². The Kier molecular flexibility index (Phi) is 2.65. The van der Waals surface area contributed by atoms with Crippen LogP contribution < -0.4 is 4.74 Å². The number of aryl methyl sites for hydroxylation is 1. The van der Waals surface area contributed by atoms with Gasteiger partial charge in [0, 0.05) is 18.1 Å². The summed E-state index contributed by atoms with van der Waals surface area (Å²) in [4.78, 5) is 0. The summed E-state index contributed by atoms with van der Waals surface area (Å²) in [6.07, 6.45) is 1.81. The largest absolute Gasteiger partial charge is 0.492 e. The molecule has 0 saturated heterocycles. The molecule has 0 N–H and O–H groups in total. The smallest absolute Gasteiger partial charge is 0.194 e. The molecule has 0 aliphatic rings. The van der Waals surface area contributed by atoms with Crippen LogP contribution in [-0.2, 0) is 6.54 Å². The van der Waals surface area contributed by atoms with E-state index in [9.17, 15) is 4.39 Å². The van der Waals surface area contributed by atoms with Crippen LogP contribution in [0.3, 0.4) is 0 Å². The Morgan fingerprint density at radius 1 is 1.60 bits per heavy atom. The molecule has 15 heavy (non-hydrogen) atoms. The van der Waals surface area contributed by atoms with Crippen molar-refractivity contribution < 1.29 is 9.13 Å². The van der Waals surface area contributed by atoms with E-state index in [0.717, 1.165) is 5.39 Å². The summed E-state index contributed by atoms with van der Waals surface area (Å²) < 4.78 is 21.1. The number of halogens is 2. The number of rotatable bonds is 2. The normalized spacial score (nSPS) is 10.9. The standard InChI is InChI=1S/C10H10BrFN2O/c1-3-14-5-6-4-7(11)10(15-2)8(12)9(6)13-14/h4-5H,3H2,1-2H3. The predicted molar refractivity (Wildman–Crippen MR) is 59.6 cm³/mol. The van der Waals surface area contributed by atoms with Gasteiger partial charge in [-0.1, -0.05) is 0 Å². The van der Waals surface area contributed by atoms with Gasteiger partial charge >= 0.3 is 0 Å². The lowest BCUT2D eigenvalue weighted by Gasteiger charge is -2.03. The molecular formula is C10H10BrFN2O. The van der Waals surface area contributed by atoms with Crippen molar-refractivity contribution >= 4 is 26.8 Å². The van der Waals surface area contributed by atoms with Crippen LogP contribution in [0, 0.1) is 5.82 Å². The zero-order chi connectivity index (χ0) is 11.0. The predicted octanol–water partition coefficient (Wildman–Crippen LogP) is 2.97. The van der Waals surface area contributed by atoms with Crippen LogP contribution in [0.15, 0.2) is 16.7 Å². The molecular weight excluding hydrogens is 263 g/mol. The molecule has 2 rings (SSSR count). The van der Waals surface area contributed by atoms with Gasteiger partial charge in [-0.05, 0) is 28.9 Å². The van der Waals surface area contributed by atoms with Gasteiger partial charge in [0.2, 0.25) is 0 Å². The fraction of sp³-hybridized carbons (Fsp3) is 0.300. The van der Waals surface area contributed by atoms with E-state index >= 15 is 0 Å². The second-order valence-corrected chi connectivity index (χ2v) is 3.98. The highest BCUT2D eigenvalue weighted by Gasteiger charge is 2.15. The number of ether oxygens (including phenoxy) is 1. The number of hydrogen-bond acceptors (Lipinski definition) is 2. The molecule has 0 aliphatic carbocycles. The summed E-state index contributed by atoms with van der Waals surface area (Å²) in [5.74, 6) is -0.224. The van der Waals surface area contributed by atoms with Gasteiger partial charge < -0.3 is 4.74 Å². The van der Waals surface area contributed by atoms with Gasteiger partial charge in [-0.2, -0.15) is 5.10 Å². The number of fused-ring (bicyclic) bond motifs is 1. The van der Waals surface area contributed by atoms with Crippen molar-refractivity contribution in [2.75, 3.05) is 7.11 Å². The van der Waals surface area contributed by atoms with Crippen molar-refractivity contribution in [1.29, 1.82) is 0 Å². The number of hydrogen-bond donors (Lipinski definition) is 0. The Morgan fingerprint density at radius 3 is 2.93 bits per heavy atom. The zero-order valence-corrected chi connectivity index (χ0v) is 10.0. The van der Waals surface area contributed by atoms with E-state index in [-0.39, 0.29) is 5.75 Å². The fourth-order valence-electron chi connectivity index (χ4n) is 1.48. The van der Waals surface area contributed by atoms with Gasteiger partial charge in [-0.15, -0.1) is 0 Å². The van der Waals surface area contributed by atoms with Crippen LogP contribution in [0.4, 0.5) is 4.39 Å². The highest BCUT2D eigenvalue weighted by molar-refractivity contribution is 9.10. The molecule has 0 unspecified atom stereocenters. The zero-order valence-electron chi connectivity index (χ0n) is 8.42. The minimum atomic E-state index is -0.422. The van der Waals surface area contributed by atoms with Crippen molar-refractivity contribution in [3.63, 3.8) is 0 Å². The molecule has 0 radical (unpaired) electrons. The summed E-state index contributed by atoms with van der Waals surface area (Å²) in [5, 5.41) is 4.89. The molecule has 0 fully saturated rings. The topological polar surface area (TPSA) is 27.1 Å². The van der Waals surface area contributed by atoms with Crippen molar-refractivity contribution in [3.8, 4) is 5.75 Å². The molecule has 1 aromatic carbocycles. The Hall–Kier alpha value is -1.10. The molecule has 0 spiro atoms. The molecule has 0 amide bonds. The first kappa shape index (κ1) is 10.4. The average molecular weight is 273 g/mol. The van der Waals surface area contributed by atoms with Crippen LogP contribution >= 0.6 is 15.9 Å². The molecule has 0 bridgehead atoms. The lowest BCUT2D eigenvalue weighted by Crippen LogP contribution is -1.94. The van der Waals surface area contributed by atoms with Crippen LogP contribution in [-0.4, -0.2) is 16.9 Å². The fourth-order valence-corrected chi connectivity index (χ4v) is 2.06. The van der Waals surface area contributed by atoms with Crippen molar-refractivity contribution in [1.82, 2.24) is 9.78 Å². The summed E-state index contributed by atoms with van der Waals surface area (Å²) in [7, 11) is 1.44. The maximum atomic E-state index is 13.8.